The van der Waals surface area contributed by atoms with E-state index in [-0.39, 0.29) is 30.1 Å². The fraction of sp³-hybridized carbons (Fsp3) is 0.714. The third kappa shape index (κ3) is 6.21. The highest BCUT2D eigenvalue weighted by Crippen LogP contribution is 2.18. The maximum absolute atomic E-state index is 9.54. The Morgan fingerprint density at radius 3 is 2.71 bits per heavy atom. The molecule has 1 aliphatic rings. The van der Waals surface area contributed by atoms with Crippen LogP contribution in [0.4, 0.5) is 0 Å². The topological polar surface area (TPSA) is 74.5 Å². The number of nitrogens with one attached hydrogen (secondary N) is 2. The summed E-state index contributed by atoms with van der Waals surface area (Å²) in [4.78, 5) is 4.59. The minimum Gasteiger partial charge on any atom is -0.393 e. The summed E-state index contributed by atoms with van der Waals surface area (Å²) in [5.74, 6) is 0.845. The van der Waals surface area contributed by atoms with Crippen LogP contribution in [0.5, 0.6) is 0 Å². The van der Waals surface area contributed by atoms with Gasteiger partial charge in [0.15, 0.2) is 5.96 Å². The second-order valence-corrected chi connectivity index (χ2v) is 5.37. The largest absolute Gasteiger partial charge is 0.393 e. The van der Waals surface area contributed by atoms with Crippen molar-refractivity contribution in [1.29, 1.82) is 0 Å². The van der Waals surface area contributed by atoms with Crippen molar-refractivity contribution in [2.24, 2.45) is 12.0 Å². The number of halogens is 1. The molecule has 120 valence electrons. The molecule has 7 heteroatoms. The molecule has 0 atom stereocenters. The van der Waals surface area contributed by atoms with Crippen molar-refractivity contribution < 1.29 is 5.11 Å². The van der Waals surface area contributed by atoms with E-state index in [2.05, 4.69) is 27.6 Å². The zero-order chi connectivity index (χ0) is 14.4. The van der Waals surface area contributed by atoms with Gasteiger partial charge in [0, 0.05) is 31.4 Å². The van der Waals surface area contributed by atoms with Gasteiger partial charge >= 0.3 is 0 Å². The van der Waals surface area contributed by atoms with Gasteiger partial charge in [-0.25, -0.2) is 4.99 Å². The maximum Gasteiger partial charge on any atom is 0.191 e. The van der Waals surface area contributed by atoms with Crippen LogP contribution in [0.15, 0.2) is 17.4 Å². The highest BCUT2D eigenvalue weighted by Gasteiger charge is 2.19. The van der Waals surface area contributed by atoms with E-state index in [0.717, 1.165) is 43.8 Å². The molecule has 0 radical (unpaired) electrons. The molecule has 0 aromatic carbocycles. The molecule has 0 unspecified atom stereocenters. The summed E-state index contributed by atoms with van der Waals surface area (Å²) in [6.45, 7) is 3.53. The van der Waals surface area contributed by atoms with Crippen molar-refractivity contribution >= 4 is 29.9 Å². The van der Waals surface area contributed by atoms with Crippen molar-refractivity contribution in [3.63, 3.8) is 0 Å². The van der Waals surface area contributed by atoms with Crippen LogP contribution < -0.4 is 10.6 Å². The summed E-state index contributed by atoms with van der Waals surface area (Å²) in [6, 6.07) is 0.407. The second-order valence-electron chi connectivity index (χ2n) is 5.37. The fourth-order valence-electron chi connectivity index (χ4n) is 2.46. The van der Waals surface area contributed by atoms with E-state index >= 15 is 0 Å². The first kappa shape index (κ1) is 18.2. The monoisotopic (exact) mass is 407 g/mol. The van der Waals surface area contributed by atoms with Crippen LogP contribution in [0, 0.1) is 0 Å². The van der Waals surface area contributed by atoms with Gasteiger partial charge in [0.1, 0.15) is 0 Å². The Hall–Kier alpha value is -0.830. The summed E-state index contributed by atoms with van der Waals surface area (Å²) >= 11 is 0. The second kappa shape index (κ2) is 9.24. The van der Waals surface area contributed by atoms with E-state index < -0.39 is 0 Å². The van der Waals surface area contributed by atoms with Gasteiger partial charge in [-0.15, -0.1) is 24.0 Å². The molecule has 6 nitrogen and oxygen atoms in total. The molecule has 1 aromatic heterocycles. The summed E-state index contributed by atoms with van der Waals surface area (Å²) in [7, 11) is 1.91. The molecule has 1 fully saturated rings. The molecule has 2 rings (SSSR count). The van der Waals surface area contributed by atoms with Gasteiger partial charge in [0.05, 0.1) is 18.8 Å². The van der Waals surface area contributed by atoms with Crippen LogP contribution in [-0.4, -0.2) is 39.5 Å². The molecule has 0 amide bonds. The summed E-state index contributed by atoms with van der Waals surface area (Å²) in [6.07, 6.45) is 7.44. The lowest BCUT2D eigenvalue weighted by atomic mass is 9.93. The molecular weight excluding hydrogens is 381 g/mol. The lowest BCUT2D eigenvalue weighted by molar-refractivity contribution is 0.120. The minimum atomic E-state index is -0.122. The van der Waals surface area contributed by atoms with Gasteiger partial charge in [0.2, 0.25) is 0 Å². The van der Waals surface area contributed by atoms with Gasteiger partial charge in [-0.3, -0.25) is 4.68 Å². The minimum absolute atomic E-state index is 0. The van der Waals surface area contributed by atoms with E-state index in [1.807, 2.05) is 19.4 Å². The molecule has 0 saturated heterocycles. The van der Waals surface area contributed by atoms with Crippen molar-refractivity contribution in [2.45, 2.75) is 51.3 Å². The number of nitrogens with zero attached hydrogens (tertiary/aromatic N) is 3. The van der Waals surface area contributed by atoms with Gasteiger partial charge < -0.3 is 15.7 Å². The first-order valence-corrected chi connectivity index (χ1v) is 7.37. The Morgan fingerprint density at radius 2 is 2.14 bits per heavy atom. The van der Waals surface area contributed by atoms with Gasteiger partial charge in [-0.2, -0.15) is 5.10 Å². The molecular formula is C14H26IN5O. The Labute approximate surface area is 143 Å². The van der Waals surface area contributed by atoms with Crippen LogP contribution in [-0.2, 0) is 13.6 Å². The number of aromatic nitrogens is 2. The van der Waals surface area contributed by atoms with Crippen molar-refractivity contribution in [3.8, 4) is 0 Å². The Kier molecular flexibility index (Phi) is 8.02. The summed E-state index contributed by atoms with van der Waals surface area (Å²) < 4.78 is 1.79. The highest BCUT2D eigenvalue weighted by atomic mass is 127. The predicted octanol–water partition coefficient (Wildman–Crippen LogP) is 1.40. The molecule has 0 bridgehead atoms. The summed E-state index contributed by atoms with van der Waals surface area (Å²) in [5, 5.41) is 20.4. The number of hydrogen-bond donors (Lipinski definition) is 3. The number of aliphatic imine (C=N–C) groups is 1. The SMILES string of the molecule is CCNC(=NCc1cnn(C)c1)NC1CCC(O)CC1.I. The Bertz CT molecular complexity index is 440. The number of hydrogen-bond acceptors (Lipinski definition) is 3. The number of aliphatic hydroxyl groups is 1. The van der Waals surface area contributed by atoms with E-state index in [1.54, 1.807) is 4.68 Å². The van der Waals surface area contributed by atoms with Crippen LogP contribution in [0.1, 0.15) is 38.2 Å². The van der Waals surface area contributed by atoms with Gasteiger partial charge in [0.25, 0.3) is 0 Å². The fourth-order valence-corrected chi connectivity index (χ4v) is 2.46. The third-order valence-electron chi connectivity index (χ3n) is 3.56. The van der Waals surface area contributed by atoms with Gasteiger partial charge in [-0.05, 0) is 32.6 Å². The van der Waals surface area contributed by atoms with E-state index in [1.165, 1.54) is 0 Å². The van der Waals surface area contributed by atoms with Crippen LogP contribution in [0.25, 0.3) is 0 Å². The quantitative estimate of drug-likeness (QED) is 0.401. The number of aryl methyl sites for hydroxylation is 1. The average Bonchev–Trinajstić information content (AvgIpc) is 2.85. The summed E-state index contributed by atoms with van der Waals surface area (Å²) in [5.41, 5.74) is 1.10. The molecule has 1 aromatic rings. The normalized spacial score (nSPS) is 22.5. The molecule has 1 aliphatic carbocycles. The first-order chi connectivity index (χ1) is 9.67. The standard InChI is InChI=1S/C14H25N5O.HI/c1-3-15-14(16-8-11-9-17-19(2)10-11)18-12-4-6-13(20)7-5-12;/h9-10,12-13,20H,3-8H2,1-2H3,(H2,15,16,18);1H. The van der Waals surface area contributed by atoms with Crippen molar-refractivity contribution in [3.05, 3.63) is 18.0 Å². The number of aliphatic hydroxyl groups excluding tert-OH is 1. The smallest absolute Gasteiger partial charge is 0.191 e. The highest BCUT2D eigenvalue weighted by molar-refractivity contribution is 14.0. The Balaban J connectivity index is 0.00000220. The van der Waals surface area contributed by atoms with Crippen LogP contribution in [0.2, 0.25) is 0 Å². The number of guanidine groups is 1. The molecule has 3 N–H and O–H groups in total. The van der Waals surface area contributed by atoms with Crippen LogP contribution >= 0.6 is 24.0 Å². The molecule has 0 spiro atoms. The van der Waals surface area contributed by atoms with E-state index in [0.29, 0.717) is 12.6 Å². The lowest BCUT2D eigenvalue weighted by Gasteiger charge is -2.27. The predicted molar refractivity (Wildman–Crippen MR) is 94.8 cm³/mol. The molecule has 21 heavy (non-hydrogen) atoms. The molecule has 1 saturated carbocycles. The third-order valence-corrected chi connectivity index (χ3v) is 3.56. The molecule has 1 heterocycles. The van der Waals surface area contributed by atoms with Crippen LogP contribution in [0.3, 0.4) is 0 Å². The average molecular weight is 407 g/mol. The number of rotatable bonds is 4. The van der Waals surface area contributed by atoms with Crippen molar-refractivity contribution in [2.75, 3.05) is 6.54 Å². The zero-order valence-corrected chi connectivity index (χ0v) is 15.1. The first-order valence-electron chi connectivity index (χ1n) is 7.37. The Morgan fingerprint density at radius 1 is 1.43 bits per heavy atom. The van der Waals surface area contributed by atoms with E-state index in [4.69, 9.17) is 0 Å². The lowest BCUT2D eigenvalue weighted by Crippen LogP contribution is -2.45. The van der Waals surface area contributed by atoms with Crippen molar-refractivity contribution in [1.82, 2.24) is 20.4 Å². The van der Waals surface area contributed by atoms with Gasteiger partial charge in [-0.1, -0.05) is 0 Å². The molecule has 0 aliphatic heterocycles. The maximum atomic E-state index is 9.54. The zero-order valence-electron chi connectivity index (χ0n) is 12.7. The van der Waals surface area contributed by atoms with E-state index in [9.17, 15) is 5.11 Å².